The van der Waals surface area contributed by atoms with E-state index < -0.39 is 27.3 Å². The minimum Gasteiger partial charge on any atom is -0.368 e. The molecular weight excluding hydrogens is 280 g/mol. The maximum atomic E-state index is 15.1. The number of nitrogens with zero attached hydrogens (tertiary/aromatic N) is 1. The van der Waals surface area contributed by atoms with Crippen LogP contribution in [0.2, 0.25) is 0 Å². The number of alkyl halides is 3. The number of hydrogen-bond donors (Lipinski definition) is 0. The van der Waals surface area contributed by atoms with Crippen molar-refractivity contribution in [2.24, 2.45) is 4.99 Å². The molecule has 2 aliphatic rings. The molecule has 0 N–H and O–H groups in total. The molecule has 0 saturated heterocycles. The van der Waals surface area contributed by atoms with Crippen LogP contribution >= 0.6 is 21.6 Å². The van der Waals surface area contributed by atoms with Crippen LogP contribution < -0.4 is 0 Å². The van der Waals surface area contributed by atoms with Crippen molar-refractivity contribution in [1.82, 2.24) is 0 Å². The highest BCUT2D eigenvalue weighted by Gasteiger charge is 2.54. The summed E-state index contributed by atoms with van der Waals surface area (Å²) in [7, 11) is -0.400. The van der Waals surface area contributed by atoms with Gasteiger partial charge in [-0.3, -0.25) is 4.99 Å². The average molecular weight is 298 g/mol. The molecule has 0 radical (unpaired) electrons. The zero-order chi connectivity index (χ0) is 13.2. The van der Waals surface area contributed by atoms with Crippen molar-refractivity contribution in [1.29, 1.82) is 0 Å². The first kappa shape index (κ1) is 14.3. The summed E-state index contributed by atoms with van der Waals surface area (Å²) in [4.78, 5) is 4.01. The molecule has 0 aromatic carbocycles. The molecule has 1 aliphatic carbocycles. The van der Waals surface area contributed by atoms with E-state index in [1.165, 1.54) is 7.11 Å². The maximum Gasteiger partial charge on any atom is 0.176 e. The number of rotatable bonds is 4. The fourth-order valence-electron chi connectivity index (χ4n) is 2.70. The second-order valence-corrected chi connectivity index (χ2v) is 8.37. The molecule has 6 heteroatoms. The summed E-state index contributed by atoms with van der Waals surface area (Å²) >= 11 is 5.99. The van der Waals surface area contributed by atoms with Crippen LogP contribution in [0.4, 0.5) is 8.78 Å². The van der Waals surface area contributed by atoms with Gasteiger partial charge in [0.05, 0.1) is 5.21 Å². The molecule has 0 amide bonds. The molecule has 0 spiro atoms. The smallest absolute Gasteiger partial charge is 0.176 e. The summed E-state index contributed by atoms with van der Waals surface area (Å²) in [6.07, 6.45) is 2.00. The lowest BCUT2D eigenvalue weighted by atomic mass is 9.85. The van der Waals surface area contributed by atoms with Crippen molar-refractivity contribution in [3.8, 4) is 0 Å². The minimum atomic E-state index is -1.95. The first-order chi connectivity index (χ1) is 8.59. The molecule has 1 heterocycles. The van der Waals surface area contributed by atoms with Gasteiger partial charge in [0.1, 0.15) is 11.6 Å². The number of methoxy groups -OCH3 is 1. The lowest BCUT2D eigenvalue weighted by molar-refractivity contribution is -0.0621. The molecule has 1 saturated carbocycles. The first-order valence-corrected chi connectivity index (χ1v) is 8.53. The van der Waals surface area contributed by atoms with E-state index in [0.717, 1.165) is 6.42 Å². The second kappa shape index (κ2) is 5.47. The minimum absolute atomic E-state index is 0.194. The van der Waals surface area contributed by atoms with Gasteiger partial charge >= 0.3 is 0 Å². The van der Waals surface area contributed by atoms with Crippen LogP contribution in [0.25, 0.3) is 0 Å². The monoisotopic (exact) mass is 297 g/mol. The Kier molecular flexibility index (Phi) is 4.34. The zero-order valence-electron chi connectivity index (χ0n) is 10.3. The summed E-state index contributed by atoms with van der Waals surface area (Å²) in [5.41, 5.74) is -1.14. The average Bonchev–Trinajstić information content (AvgIpc) is 2.84. The normalized spacial score (nSPS) is 44.8. The predicted molar refractivity (Wildman–Crippen MR) is 73.9 cm³/mol. The van der Waals surface area contributed by atoms with Crippen molar-refractivity contribution in [2.75, 3.05) is 12.3 Å². The van der Waals surface area contributed by atoms with Crippen molar-refractivity contribution < 1.29 is 13.5 Å². The standard InChI is InChI=1S/C12H18ClF2NOS/c1-17-11(18(8-13)7-6-16-9-18)12(15)5-3-2-4-10(12)14/h6-7,9-11H,2-5,8H2,1H3. The van der Waals surface area contributed by atoms with E-state index in [0.29, 0.717) is 6.42 Å². The molecule has 0 bridgehead atoms. The number of halogens is 3. The van der Waals surface area contributed by atoms with E-state index in [9.17, 15) is 4.39 Å². The van der Waals surface area contributed by atoms with E-state index in [-0.39, 0.29) is 18.1 Å². The Bertz CT molecular complexity index is 354. The second-order valence-electron chi connectivity index (χ2n) is 4.76. The number of ether oxygens (including phenoxy) is 1. The van der Waals surface area contributed by atoms with Crippen molar-refractivity contribution in [2.45, 2.75) is 43.0 Å². The summed E-state index contributed by atoms with van der Waals surface area (Å²) in [5, 5.41) is 2.00. The lowest BCUT2D eigenvalue weighted by Gasteiger charge is -2.46. The van der Waals surface area contributed by atoms with E-state index in [4.69, 9.17) is 16.3 Å². The molecular formula is C12H18ClF2NOS. The Hall–Kier alpha value is -0.130. The Balaban J connectivity index is 2.32. The van der Waals surface area contributed by atoms with E-state index in [1.54, 1.807) is 17.2 Å². The first-order valence-electron chi connectivity index (χ1n) is 6.00. The molecule has 4 unspecified atom stereocenters. The third-order valence-corrected chi connectivity index (χ3v) is 7.68. The summed E-state index contributed by atoms with van der Waals surface area (Å²) in [5.74, 6) is 0. The molecule has 0 aromatic heterocycles. The van der Waals surface area contributed by atoms with Gasteiger partial charge in [-0.1, -0.05) is 6.42 Å². The lowest BCUT2D eigenvalue weighted by Crippen LogP contribution is -2.51. The quantitative estimate of drug-likeness (QED) is 0.716. The summed E-state index contributed by atoms with van der Waals surface area (Å²) in [6, 6.07) is 0. The van der Waals surface area contributed by atoms with Crippen LogP contribution in [0.1, 0.15) is 25.7 Å². The maximum absolute atomic E-state index is 15.1. The molecule has 104 valence electrons. The van der Waals surface area contributed by atoms with Crippen LogP contribution in [0, 0.1) is 0 Å². The van der Waals surface area contributed by atoms with Gasteiger partial charge in [0.2, 0.25) is 0 Å². The summed E-state index contributed by atoms with van der Waals surface area (Å²) < 4.78 is 34.5. The molecule has 1 aliphatic heterocycles. The highest BCUT2D eigenvalue weighted by molar-refractivity contribution is 8.47. The van der Waals surface area contributed by atoms with Crippen LogP contribution in [0.3, 0.4) is 0 Å². The largest absolute Gasteiger partial charge is 0.368 e. The fourth-order valence-corrected chi connectivity index (χ4v) is 5.95. The van der Waals surface area contributed by atoms with Crippen molar-refractivity contribution in [3.05, 3.63) is 11.6 Å². The van der Waals surface area contributed by atoms with Crippen LogP contribution in [0.15, 0.2) is 16.6 Å². The molecule has 4 atom stereocenters. The van der Waals surface area contributed by atoms with Gasteiger partial charge in [0.15, 0.2) is 5.67 Å². The number of aliphatic imine (C=N–C) groups is 1. The van der Waals surface area contributed by atoms with Gasteiger partial charge < -0.3 is 4.74 Å². The summed E-state index contributed by atoms with van der Waals surface area (Å²) in [6.45, 7) is 0. The van der Waals surface area contributed by atoms with E-state index in [2.05, 4.69) is 4.99 Å². The van der Waals surface area contributed by atoms with Crippen LogP contribution in [0.5, 0.6) is 0 Å². The van der Waals surface area contributed by atoms with Gasteiger partial charge in [-0.25, -0.2) is 8.78 Å². The van der Waals surface area contributed by atoms with E-state index in [1.807, 2.05) is 0 Å². The highest BCUT2D eigenvalue weighted by Crippen LogP contribution is 2.61. The molecule has 0 aromatic rings. The Morgan fingerprint density at radius 3 is 2.89 bits per heavy atom. The zero-order valence-corrected chi connectivity index (χ0v) is 11.9. The highest BCUT2D eigenvalue weighted by atomic mass is 35.5. The topological polar surface area (TPSA) is 21.6 Å². The van der Waals surface area contributed by atoms with Gasteiger partial charge in [-0.2, -0.15) is 0 Å². The molecule has 1 fully saturated rings. The third-order valence-electron chi connectivity index (χ3n) is 3.64. The Morgan fingerprint density at radius 1 is 1.61 bits per heavy atom. The predicted octanol–water partition coefficient (Wildman–Crippen LogP) is 4.09. The fraction of sp³-hybridized carbons (Fsp3) is 0.750. The Morgan fingerprint density at radius 2 is 2.39 bits per heavy atom. The Labute approximate surface area is 113 Å². The SMILES string of the molecule is COC(C1(F)CCCCC1F)S1(CCl)C=CN=C1. The van der Waals surface area contributed by atoms with Gasteiger partial charge in [-0.05, 0) is 24.7 Å². The van der Waals surface area contributed by atoms with Crippen LogP contribution in [-0.2, 0) is 4.74 Å². The van der Waals surface area contributed by atoms with Crippen molar-refractivity contribution in [3.63, 3.8) is 0 Å². The molecule has 18 heavy (non-hydrogen) atoms. The third kappa shape index (κ3) is 2.21. The van der Waals surface area contributed by atoms with E-state index >= 15 is 4.39 Å². The number of hydrogen-bond acceptors (Lipinski definition) is 2. The van der Waals surface area contributed by atoms with Crippen molar-refractivity contribution >= 4 is 27.2 Å². The molecule has 2 nitrogen and oxygen atoms in total. The van der Waals surface area contributed by atoms with Gasteiger partial charge in [0, 0.05) is 18.9 Å². The van der Waals surface area contributed by atoms with Gasteiger partial charge in [-0.15, -0.1) is 21.6 Å². The molecule has 2 rings (SSSR count). The van der Waals surface area contributed by atoms with Crippen LogP contribution in [-0.4, -0.2) is 35.1 Å². The van der Waals surface area contributed by atoms with Gasteiger partial charge in [0.25, 0.3) is 0 Å².